The van der Waals surface area contributed by atoms with Gasteiger partial charge >= 0.3 is 0 Å². The molecule has 5 rings (SSSR count). The van der Waals surface area contributed by atoms with Crippen molar-refractivity contribution in [2.75, 3.05) is 25.5 Å². The van der Waals surface area contributed by atoms with Crippen LogP contribution in [0.1, 0.15) is 31.0 Å². The minimum Gasteiger partial charge on any atom is -0.493 e. The minimum absolute atomic E-state index is 0.176. The molecule has 3 N–H and O–H groups in total. The number of carbonyl (C=O) groups is 1. The van der Waals surface area contributed by atoms with Gasteiger partial charge in [-0.3, -0.25) is 14.7 Å². The summed E-state index contributed by atoms with van der Waals surface area (Å²) < 4.78 is 13.9. The third kappa shape index (κ3) is 5.47. The van der Waals surface area contributed by atoms with Crippen LogP contribution in [0.4, 0.5) is 11.6 Å². The third-order valence-electron chi connectivity index (χ3n) is 6.56. The van der Waals surface area contributed by atoms with Crippen molar-refractivity contribution in [2.24, 2.45) is 12.8 Å². The van der Waals surface area contributed by atoms with Crippen LogP contribution in [0.3, 0.4) is 0 Å². The summed E-state index contributed by atoms with van der Waals surface area (Å²) >= 11 is 6.01. The van der Waals surface area contributed by atoms with E-state index in [1.165, 1.54) is 0 Å². The zero-order chi connectivity index (χ0) is 25.9. The Labute approximate surface area is 220 Å². The number of ether oxygens (including phenoxy) is 2. The first-order chi connectivity index (χ1) is 17.9. The number of amides is 1. The standard InChI is InChI=1S/C27H29ClN6O3/c1-33-22-15-24(36-2)25(14-21(22)32-27(33)31-18-7-5-17(28)6-8-18)37-19-9-10-30-20(13-19)23(16-26(29)35)34-11-3-4-12-34/h5-10,13-15,23H,3-4,11-12,16H2,1-2H3,(H2,29,35)(H,31,32). The van der Waals surface area contributed by atoms with E-state index in [1.54, 1.807) is 19.4 Å². The van der Waals surface area contributed by atoms with E-state index in [1.807, 2.05) is 54.1 Å². The average Bonchev–Trinajstić information content (AvgIpc) is 3.52. The summed E-state index contributed by atoms with van der Waals surface area (Å²) in [6, 6.07) is 14.6. The van der Waals surface area contributed by atoms with E-state index >= 15 is 0 Å². The molecule has 2 aromatic heterocycles. The quantitative estimate of drug-likeness (QED) is 0.313. The van der Waals surface area contributed by atoms with E-state index in [4.69, 9.17) is 31.8 Å². The summed E-state index contributed by atoms with van der Waals surface area (Å²) in [5, 5.41) is 3.99. The molecule has 9 nitrogen and oxygen atoms in total. The van der Waals surface area contributed by atoms with E-state index in [2.05, 4.69) is 15.2 Å². The monoisotopic (exact) mass is 520 g/mol. The Morgan fingerprint density at radius 3 is 2.59 bits per heavy atom. The van der Waals surface area contributed by atoms with Gasteiger partial charge in [-0.2, -0.15) is 0 Å². The molecule has 0 bridgehead atoms. The van der Waals surface area contributed by atoms with Crippen molar-refractivity contribution in [3.63, 3.8) is 0 Å². The fraction of sp³-hybridized carbons (Fsp3) is 0.296. The van der Waals surface area contributed by atoms with Crippen LogP contribution < -0.4 is 20.5 Å². The van der Waals surface area contributed by atoms with E-state index in [-0.39, 0.29) is 18.4 Å². The van der Waals surface area contributed by atoms with Crippen molar-refractivity contribution in [2.45, 2.75) is 25.3 Å². The molecule has 1 aliphatic heterocycles. The number of nitrogens with one attached hydrogen (secondary N) is 1. The van der Waals surface area contributed by atoms with Gasteiger partial charge in [-0.05, 0) is 56.3 Å². The summed E-state index contributed by atoms with van der Waals surface area (Å²) in [6.07, 6.45) is 4.10. The van der Waals surface area contributed by atoms with Crippen molar-refractivity contribution in [1.82, 2.24) is 19.4 Å². The van der Waals surface area contributed by atoms with E-state index in [0.717, 1.165) is 48.3 Å². The molecule has 0 aliphatic carbocycles. The fourth-order valence-electron chi connectivity index (χ4n) is 4.68. The van der Waals surface area contributed by atoms with Crippen molar-refractivity contribution >= 4 is 40.2 Å². The predicted molar refractivity (Wildman–Crippen MR) is 144 cm³/mol. The number of hydrogen-bond donors (Lipinski definition) is 2. The van der Waals surface area contributed by atoms with E-state index < -0.39 is 0 Å². The van der Waals surface area contributed by atoms with Gasteiger partial charge in [-0.1, -0.05) is 11.6 Å². The highest BCUT2D eigenvalue weighted by Crippen LogP contribution is 2.37. The second-order valence-electron chi connectivity index (χ2n) is 9.07. The molecule has 192 valence electrons. The molecular formula is C27H29ClN6O3. The van der Waals surface area contributed by atoms with Crippen LogP contribution in [0.2, 0.25) is 5.02 Å². The van der Waals surface area contributed by atoms with E-state index in [0.29, 0.717) is 28.2 Å². The van der Waals surface area contributed by atoms with Crippen LogP contribution >= 0.6 is 11.6 Å². The molecule has 4 aromatic rings. The Bertz CT molecular complexity index is 1420. The Morgan fingerprint density at radius 2 is 1.89 bits per heavy atom. The topological polar surface area (TPSA) is 108 Å². The van der Waals surface area contributed by atoms with Crippen LogP contribution in [0.15, 0.2) is 54.7 Å². The summed E-state index contributed by atoms with van der Waals surface area (Å²) in [5.74, 6) is 2.00. The number of fused-ring (bicyclic) bond motifs is 1. The maximum Gasteiger partial charge on any atom is 0.219 e. The smallest absolute Gasteiger partial charge is 0.219 e. The molecule has 1 atom stereocenters. The Morgan fingerprint density at radius 1 is 1.14 bits per heavy atom. The lowest BCUT2D eigenvalue weighted by Crippen LogP contribution is -2.30. The molecule has 0 radical (unpaired) electrons. The number of anilines is 2. The molecule has 1 unspecified atom stereocenters. The highest BCUT2D eigenvalue weighted by molar-refractivity contribution is 6.30. The highest BCUT2D eigenvalue weighted by Gasteiger charge is 2.26. The van der Waals surface area contributed by atoms with Gasteiger partial charge in [-0.25, -0.2) is 4.98 Å². The van der Waals surface area contributed by atoms with Crippen LogP contribution in [0.5, 0.6) is 17.2 Å². The number of methoxy groups -OCH3 is 1. The van der Waals surface area contributed by atoms with Crippen molar-refractivity contribution in [3.05, 3.63) is 65.4 Å². The number of pyridine rings is 1. The number of halogens is 1. The highest BCUT2D eigenvalue weighted by atomic mass is 35.5. The Balaban J connectivity index is 1.44. The zero-order valence-electron chi connectivity index (χ0n) is 20.8. The van der Waals surface area contributed by atoms with Gasteiger partial charge in [0.15, 0.2) is 11.5 Å². The molecule has 1 saturated heterocycles. The van der Waals surface area contributed by atoms with Crippen molar-refractivity contribution in [1.29, 1.82) is 0 Å². The number of aryl methyl sites for hydroxylation is 1. The number of hydrogen-bond acceptors (Lipinski definition) is 7. The molecule has 1 aliphatic rings. The predicted octanol–water partition coefficient (Wildman–Crippen LogP) is 5.18. The molecular weight excluding hydrogens is 492 g/mol. The SMILES string of the molecule is COc1cc2c(cc1Oc1ccnc(C(CC(N)=O)N3CCCC3)c1)nc(Nc1ccc(Cl)cc1)n2C. The molecule has 0 saturated carbocycles. The number of likely N-dealkylation sites (tertiary alicyclic amines) is 1. The van der Waals surface area contributed by atoms with Crippen molar-refractivity contribution < 1.29 is 14.3 Å². The first kappa shape index (κ1) is 24.9. The van der Waals surface area contributed by atoms with Crippen LogP contribution in [0.25, 0.3) is 11.0 Å². The summed E-state index contributed by atoms with van der Waals surface area (Å²) in [7, 11) is 3.53. The lowest BCUT2D eigenvalue weighted by Gasteiger charge is -2.26. The number of imidazole rings is 1. The van der Waals surface area contributed by atoms with Gasteiger partial charge < -0.3 is 25.1 Å². The van der Waals surface area contributed by atoms with Crippen LogP contribution in [0, 0.1) is 0 Å². The molecule has 2 aromatic carbocycles. The molecule has 1 amide bonds. The second kappa shape index (κ2) is 10.7. The molecule has 0 spiro atoms. The lowest BCUT2D eigenvalue weighted by atomic mass is 10.1. The maximum atomic E-state index is 11.8. The summed E-state index contributed by atoms with van der Waals surface area (Å²) in [6.45, 7) is 1.84. The number of nitrogens with zero attached hydrogens (tertiary/aromatic N) is 4. The van der Waals surface area contributed by atoms with Crippen LogP contribution in [-0.2, 0) is 11.8 Å². The zero-order valence-corrected chi connectivity index (χ0v) is 21.5. The third-order valence-corrected chi connectivity index (χ3v) is 6.82. The number of nitrogens with two attached hydrogens (primary N) is 1. The lowest BCUT2D eigenvalue weighted by molar-refractivity contribution is -0.119. The number of aromatic nitrogens is 3. The average molecular weight is 521 g/mol. The van der Waals surface area contributed by atoms with Crippen LogP contribution in [-0.4, -0.2) is 45.5 Å². The second-order valence-corrected chi connectivity index (χ2v) is 9.50. The van der Waals surface area contributed by atoms with Gasteiger partial charge in [-0.15, -0.1) is 0 Å². The summed E-state index contributed by atoms with van der Waals surface area (Å²) in [5.41, 5.74) is 8.81. The molecule has 10 heteroatoms. The number of carbonyl (C=O) groups excluding carboxylic acids is 1. The normalized spacial score (nSPS) is 14.6. The number of primary amides is 1. The molecule has 1 fully saturated rings. The first-order valence-electron chi connectivity index (χ1n) is 12.1. The number of benzene rings is 2. The molecule has 37 heavy (non-hydrogen) atoms. The summed E-state index contributed by atoms with van der Waals surface area (Å²) in [4.78, 5) is 23.3. The Kier molecular flexibility index (Phi) is 7.16. The Hall–Kier alpha value is -3.82. The van der Waals surface area contributed by atoms with Gasteiger partial charge in [0.2, 0.25) is 11.9 Å². The first-order valence-corrected chi connectivity index (χ1v) is 12.5. The minimum atomic E-state index is -0.352. The maximum absolute atomic E-state index is 11.8. The fourth-order valence-corrected chi connectivity index (χ4v) is 4.80. The van der Waals surface area contributed by atoms with E-state index in [9.17, 15) is 4.79 Å². The number of rotatable bonds is 9. The van der Waals surface area contributed by atoms with Gasteiger partial charge in [0.1, 0.15) is 5.75 Å². The van der Waals surface area contributed by atoms with Crippen molar-refractivity contribution in [3.8, 4) is 17.2 Å². The largest absolute Gasteiger partial charge is 0.493 e. The molecule has 3 heterocycles. The van der Waals surface area contributed by atoms with Gasteiger partial charge in [0.25, 0.3) is 0 Å². The van der Waals surface area contributed by atoms with Gasteiger partial charge in [0.05, 0.1) is 29.9 Å². The van der Waals surface area contributed by atoms with Gasteiger partial charge in [0, 0.05) is 48.6 Å².